The van der Waals surface area contributed by atoms with E-state index < -0.39 is 11.5 Å². The average Bonchev–Trinajstić information content (AvgIpc) is 2.08. The van der Waals surface area contributed by atoms with E-state index in [1.165, 1.54) is 4.90 Å². The summed E-state index contributed by atoms with van der Waals surface area (Å²) in [6.07, 6.45) is 0.908. The van der Waals surface area contributed by atoms with E-state index in [1.807, 2.05) is 20.8 Å². The standard InChI is InChI=1S/C14H28N2O3/c1-13(2,3)8-10(15)7-11(17)16(9-12(18)19)14(4,5)6/h10H,7-9,15H2,1-6H3,(H,18,19). The minimum absolute atomic E-state index is 0.0546. The third-order valence-corrected chi connectivity index (χ3v) is 2.72. The second-order valence-corrected chi connectivity index (χ2v) is 7.27. The molecule has 1 atom stereocenters. The molecule has 1 unspecified atom stereocenters. The zero-order chi connectivity index (χ0) is 15.4. The highest BCUT2D eigenvalue weighted by molar-refractivity contribution is 5.82. The van der Waals surface area contributed by atoms with E-state index in [0.29, 0.717) is 0 Å². The summed E-state index contributed by atoms with van der Waals surface area (Å²) in [6, 6.07) is -0.244. The number of carboxylic acid groups (broad SMARTS) is 1. The van der Waals surface area contributed by atoms with Gasteiger partial charge < -0.3 is 15.7 Å². The van der Waals surface area contributed by atoms with Gasteiger partial charge in [-0.15, -0.1) is 0 Å². The Morgan fingerprint density at radius 2 is 1.63 bits per heavy atom. The predicted octanol–water partition coefficient (Wildman–Crippen LogP) is 1.85. The normalized spacial score (nSPS) is 14.1. The highest BCUT2D eigenvalue weighted by Crippen LogP contribution is 2.22. The van der Waals surface area contributed by atoms with Crippen LogP contribution in [0.25, 0.3) is 0 Å². The van der Waals surface area contributed by atoms with Crippen molar-refractivity contribution in [3.05, 3.63) is 0 Å². The molecule has 0 aromatic rings. The molecule has 19 heavy (non-hydrogen) atoms. The molecule has 0 spiro atoms. The van der Waals surface area contributed by atoms with Crippen molar-refractivity contribution < 1.29 is 14.7 Å². The van der Waals surface area contributed by atoms with Crippen molar-refractivity contribution in [3.63, 3.8) is 0 Å². The van der Waals surface area contributed by atoms with Crippen LogP contribution in [0.2, 0.25) is 0 Å². The fraction of sp³-hybridized carbons (Fsp3) is 0.857. The molecule has 0 radical (unpaired) electrons. The van der Waals surface area contributed by atoms with Crippen molar-refractivity contribution in [2.24, 2.45) is 11.1 Å². The van der Waals surface area contributed by atoms with Gasteiger partial charge in [0.2, 0.25) is 5.91 Å². The lowest BCUT2D eigenvalue weighted by atomic mass is 9.87. The lowest BCUT2D eigenvalue weighted by Crippen LogP contribution is -2.49. The smallest absolute Gasteiger partial charge is 0.323 e. The highest BCUT2D eigenvalue weighted by atomic mass is 16.4. The minimum Gasteiger partial charge on any atom is -0.480 e. The Kier molecular flexibility index (Phi) is 6.00. The van der Waals surface area contributed by atoms with E-state index in [0.717, 1.165) is 6.42 Å². The van der Waals surface area contributed by atoms with Crippen molar-refractivity contribution in [2.75, 3.05) is 6.54 Å². The van der Waals surface area contributed by atoms with E-state index >= 15 is 0 Å². The highest BCUT2D eigenvalue weighted by Gasteiger charge is 2.29. The van der Waals surface area contributed by atoms with Crippen LogP contribution in [-0.4, -0.2) is 40.0 Å². The molecule has 0 saturated carbocycles. The van der Waals surface area contributed by atoms with E-state index in [4.69, 9.17) is 10.8 Å². The Bertz CT molecular complexity index is 327. The quantitative estimate of drug-likeness (QED) is 0.800. The summed E-state index contributed by atoms with van der Waals surface area (Å²) >= 11 is 0. The van der Waals surface area contributed by atoms with Crippen LogP contribution in [-0.2, 0) is 9.59 Å². The van der Waals surface area contributed by atoms with E-state index in [2.05, 4.69) is 20.8 Å². The van der Waals surface area contributed by atoms with Gasteiger partial charge in [-0.05, 0) is 32.6 Å². The van der Waals surface area contributed by atoms with Gasteiger partial charge >= 0.3 is 5.97 Å². The van der Waals surface area contributed by atoms with Gasteiger partial charge in [-0.2, -0.15) is 0 Å². The summed E-state index contributed by atoms with van der Waals surface area (Å²) in [5, 5.41) is 8.89. The second-order valence-electron chi connectivity index (χ2n) is 7.27. The van der Waals surface area contributed by atoms with Crippen molar-refractivity contribution in [1.82, 2.24) is 4.90 Å². The first-order valence-corrected chi connectivity index (χ1v) is 6.61. The molecular formula is C14H28N2O3. The molecule has 5 heteroatoms. The SMILES string of the molecule is CC(C)(C)CC(N)CC(=O)N(CC(=O)O)C(C)(C)C. The summed E-state index contributed by atoms with van der Waals surface area (Å²) in [4.78, 5) is 24.4. The van der Waals surface area contributed by atoms with Crippen LogP contribution in [0.4, 0.5) is 0 Å². The van der Waals surface area contributed by atoms with Crippen LogP contribution >= 0.6 is 0 Å². The molecule has 0 aliphatic rings. The zero-order valence-electron chi connectivity index (χ0n) is 13.0. The number of nitrogens with zero attached hydrogens (tertiary/aromatic N) is 1. The molecule has 3 N–H and O–H groups in total. The Balaban J connectivity index is 4.70. The predicted molar refractivity (Wildman–Crippen MR) is 75.8 cm³/mol. The monoisotopic (exact) mass is 272 g/mol. The molecule has 1 amide bonds. The molecule has 0 bridgehead atoms. The average molecular weight is 272 g/mol. The molecule has 112 valence electrons. The molecule has 0 heterocycles. The number of carbonyl (C=O) groups excluding carboxylic acids is 1. The molecule has 0 aliphatic carbocycles. The first-order chi connectivity index (χ1) is 8.33. The zero-order valence-corrected chi connectivity index (χ0v) is 13.0. The number of aliphatic carboxylic acids is 1. The van der Waals surface area contributed by atoms with Crippen molar-refractivity contribution in [3.8, 4) is 0 Å². The van der Waals surface area contributed by atoms with Crippen LogP contribution in [0.5, 0.6) is 0 Å². The van der Waals surface area contributed by atoms with E-state index in [-0.39, 0.29) is 30.3 Å². The Labute approximate surface area is 116 Å². The summed E-state index contributed by atoms with van der Waals surface area (Å²) in [5.41, 5.74) is 5.52. The maximum Gasteiger partial charge on any atom is 0.323 e. The van der Waals surface area contributed by atoms with Crippen molar-refractivity contribution in [1.29, 1.82) is 0 Å². The Hall–Kier alpha value is -1.10. The second kappa shape index (κ2) is 6.37. The summed E-state index contributed by atoms with van der Waals surface area (Å²) < 4.78 is 0. The summed E-state index contributed by atoms with van der Waals surface area (Å²) in [7, 11) is 0. The third kappa shape index (κ3) is 7.82. The molecule has 0 aromatic heterocycles. The number of amides is 1. The molecule has 5 nitrogen and oxygen atoms in total. The number of hydrogen-bond donors (Lipinski definition) is 2. The van der Waals surface area contributed by atoms with Gasteiger partial charge in [-0.3, -0.25) is 9.59 Å². The van der Waals surface area contributed by atoms with Crippen molar-refractivity contribution in [2.45, 2.75) is 66.0 Å². The summed E-state index contributed by atoms with van der Waals surface area (Å²) in [6.45, 7) is 11.4. The van der Waals surface area contributed by atoms with Gasteiger partial charge in [0, 0.05) is 18.0 Å². The van der Waals surface area contributed by atoms with Crippen LogP contribution in [0.1, 0.15) is 54.4 Å². The van der Waals surface area contributed by atoms with Gasteiger partial charge in [-0.25, -0.2) is 0 Å². The lowest BCUT2D eigenvalue weighted by Gasteiger charge is -2.35. The molecule has 0 fully saturated rings. The minimum atomic E-state index is -1.01. The van der Waals surface area contributed by atoms with Crippen LogP contribution in [0.15, 0.2) is 0 Å². The Morgan fingerprint density at radius 3 is 1.95 bits per heavy atom. The number of carboxylic acids is 1. The fourth-order valence-electron chi connectivity index (χ4n) is 2.03. The Morgan fingerprint density at radius 1 is 1.16 bits per heavy atom. The first-order valence-electron chi connectivity index (χ1n) is 6.61. The number of carbonyl (C=O) groups is 2. The van der Waals surface area contributed by atoms with Crippen LogP contribution < -0.4 is 5.73 Å². The maximum absolute atomic E-state index is 12.2. The maximum atomic E-state index is 12.2. The number of hydrogen-bond acceptors (Lipinski definition) is 3. The third-order valence-electron chi connectivity index (χ3n) is 2.72. The van der Waals surface area contributed by atoms with Gasteiger partial charge in [0.25, 0.3) is 0 Å². The fourth-order valence-corrected chi connectivity index (χ4v) is 2.03. The van der Waals surface area contributed by atoms with Gasteiger partial charge in [0.15, 0.2) is 0 Å². The molecule has 0 saturated heterocycles. The van der Waals surface area contributed by atoms with Crippen LogP contribution in [0.3, 0.4) is 0 Å². The first kappa shape index (κ1) is 17.9. The van der Waals surface area contributed by atoms with Crippen molar-refractivity contribution >= 4 is 11.9 Å². The number of nitrogens with two attached hydrogens (primary N) is 1. The molecular weight excluding hydrogens is 244 g/mol. The van der Waals surface area contributed by atoms with Gasteiger partial charge in [0.05, 0.1) is 0 Å². The van der Waals surface area contributed by atoms with E-state index in [1.54, 1.807) is 0 Å². The largest absolute Gasteiger partial charge is 0.480 e. The summed E-state index contributed by atoms with van der Waals surface area (Å²) in [5.74, 6) is -1.21. The van der Waals surface area contributed by atoms with Crippen LogP contribution in [0, 0.1) is 5.41 Å². The number of rotatable bonds is 5. The topological polar surface area (TPSA) is 83.6 Å². The van der Waals surface area contributed by atoms with Gasteiger partial charge in [-0.1, -0.05) is 20.8 Å². The molecule has 0 rings (SSSR count). The molecule has 0 aromatic carbocycles. The van der Waals surface area contributed by atoms with E-state index in [9.17, 15) is 9.59 Å². The van der Waals surface area contributed by atoms with Gasteiger partial charge in [0.1, 0.15) is 6.54 Å². The lowest BCUT2D eigenvalue weighted by molar-refractivity contribution is -0.148. The molecule has 0 aliphatic heterocycles.